The number of rotatable bonds is 6. The highest BCUT2D eigenvalue weighted by Gasteiger charge is 2.33. The van der Waals surface area contributed by atoms with Crippen LogP contribution in [0.2, 0.25) is 5.02 Å². The van der Waals surface area contributed by atoms with Crippen LogP contribution >= 0.6 is 11.6 Å². The number of benzene rings is 2. The van der Waals surface area contributed by atoms with Crippen molar-refractivity contribution in [2.75, 3.05) is 12.4 Å². The first-order valence-corrected chi connectivity index (χ1v) is 8.27. The van der Waals surface area contributed by atoms with Crippen LogP contribution in [0.25, 0.3) is 0 Å². The highest BCUT2D eigenvalue weighted by molar-refractivity contribution is 6.30. The van der Waals surface area contributed by atoms with E-state index < -0.39 is 17.6 Å². The molecule has 2 rings (SSSR count). The number of carbonyl (C=O) groups is 1. The van der Waals surface area contributed by atoms with Gasteiger partial charge in [0.05, 0.1) is 18.4 Å². The lowest BCUT2D eigenvalue weighted by molar-refractivity contribution is -0.136. The van der Waals surface area contributed by atoms with Gasteiger partial charge in [0.15, 0.2) is 0 Å². The number of anilines is 1. The Balaban J connectivity index is 2.09. The van der Waals surface area contributed by atoms with Crippen LogP contribution in [-0.2, 0) is 17.5 Å². The van der Waals surface area contributed by atoms with Crippen molar-refractivity contribution in [2.45, 2.75) is 12.7 Å². The van der Waals surface area contributed by atoms with Gasteiger partial charge in [-0.25, -0.2) is 0 Å². The number of nitriles is 1. The quantitative estimate of drug-likeness (QED) is 0.544. The Hall–Kier alpha value is -3.18. The maximum atomic E-state index is 13.1. The smallest absolute Gasteiger partial charge is 0.418 e. The highest BCUT2D eigenvalue weighted by Crippen LogP contribution is 2.36. The standard InChI is InChI=1S/C19H15ClF3N3O2/c1-28-15-5-2-12(3-6-15)10-26-18(27)13(9-24)11-25-17-7-4-14(20)8-16(17)19(21,22)23/h2-8,11,25H,10H2,1H3,(H,26,27)/b13-11-. The minimum atomic E-state index is -4.65. The number of carbonyl (C=O) groups excluding carboxylic acids is 1. The monoisotopic (exact) mass is 409 g/mol. The molecule has 0 heterocycles. The number of amides is 1. The molecule has 0 spiro atoms. The normalized spacial score (nSPS) is 11.5. The predicted octanol–water partition coefficient (Wildman–Crippen LogP) is 4.50. The van der Waals surface area contributed by atoms with E-state index in [0.29, 0.717) is 5.75 Å². The molecule has 2 aromatic rings. The zero-order chi connectivity index (χ0) is 20.7. The van der Waals surface area contributed by atoms with E-state index in [1.54, 1.807) is 30.3 Å². The summed E-state index contributed by atoms with van der Waals surface area (Å²) in [4.78, 5) is 12.1. The molecule has 0 fully saturated rings. The zero-order valence-electron chi connectivity index (χ0n) is 14.6. The van der Waals surface area contributed by atoms with Crippen molar-refractivity contribution in [1.82, 2.24) is 5.32 Å². The molecule has 0 atom stereocenters. The van der Waals surface area contributed by atoms with E-state index in [-0.39, 0.29) is 22.8 Å². The first-order chi connectivity index (χ1) is 13.2. The van der Waals surface area contributed by atoms with Crippen LogP contribution in [0.5, 0.6) is 5.75 Å². The SMILES string of the molecule is COc1ccc(CNC(=O)/C(C#N)=C\Nc2ccc(Cl)cc2C(F)(F)F)cc1. The van der Waals surface area contributed by atoms with Gasteiger partial charge in [-0.1, -0.05) is 23.7 Å². The van der Waals surface area contributed by atoms with Crippen molar-refractivity contribution in [3.05, 3.63) is 70.4 Å². The molecule has 9 heteroatoms. The van der Waals surface area contributed by atoms with Gasteiger partial charge in [-0.05, 0) is 35.9 Å². The number of halogens is 4. The summed E-state index contributed by atoms with van der Waals surface area (Å²) in [5.74, 6) is -0.0753. The zero-order valence-corrected chi connectivity index (χ0v) is 15.4. The molecule has 5 nitrogen and oxygen atoms in total. The topological polar surface area (TPSA) is 74.1 Å². The Kier molecular flexibility index (Phi) is 6.90. The first kappa shape index (κ1) is 21.1. The van der Waals surface area contributed by atoms with Crippen molar-refractivity contribution in [3.63, 3.8) is 0 Å². The summed E-state index contributed by atoms with van der Waals surface area (Å²) >= 11 is 5.61. The Morgan fingerprint density at radius 1 is 1.25 bits per heavy atom. The number of hydrogen-bond donors (Lipinski definition) is 2. The Labute approximate surface area is 164 Å². The second-order valence-corrected chi connectivity index (χ2v) is 5.97. The molecule has 28 heavy (non-hydrogen) atoms. The van der Waals surface area contributed by atoms with Gasteiger partial charge in [0, 0.05) is 17.8 Å². The van der Waals surface area contributed by atoms with Crippen LogP contribution in [-0.4, -0.2) is 13.0 Å². The Morgan fingerprint density at radius 3 is 2.50 bits per heavy atom. The van der Waals surface area contributed by atoms with E-state index in [4.69, 9.17) is 21.6 Å². The summed E-state index contributed by atoms with van der Waals surface area (Å²) < 4.78 is 44.3. The molecule has 1 amide bonds. The van der Waals surface area contributed by atoms with E-state index in [0.717, 1.165) is 23.9 Å². The number of methoxy groups -OCH3 is 1. The summed E-state index contributed by atoms with van der Waals surface area (Å²) in [6.07, 6.45) is -3.73. The third-order valence-electron chi connectivity index (χ3n) is 3.64. The molecule has 0 aliphatic rings. The van der Waals surface area contributed by atoms with Gasteiger partial charge in [0.1, 0.15) is 17.4 Å². The number of ether oxygens (including phenoxy) is 1. The van der Waals surface area contributed by atoms with Crippen molar-refractivity contribution in [1.29, 1.82) is 5.26 Å². The second kappa shape index (κ2) is 9.15. The third-order valence-corrected chi connectivity index (χ3v) is 3.87. The number of hydrogen-bond acceptors (Lipinski definition) is 4. The Morgan fingerprint density at radius 2 is 1.93 bits per heavy atom. The van der Waals surface area contributed by atoms with E-state index >= 15 is 0 Å². The molecule has 146 valence electrons. The molecular weight excluding hydrogens is 395 g/mol. The lowest BCUT2D eigenvalue weighted by Gasteiger charge is -2.13. The summed E-state index contributed by atoms with van der Waals surface area (Å²) in [6.45, 7) is 0.136. The van der Waals surface area contributed by atoms with Gasteiger partial charge in [0.2, 0.25) is 0 Å². The maximum absolute atomic E-state index is 13.1. The molecule has 2 N–H and O–H groups in total. The van der Waals surface area contributed by atoms with E-state index in [9.17, 15) is 18.0 Å². The minimum Gasteiger partial charge on any atom is -0.497 e. The average Bonchev–Trinajstić information content (AvgIpc) is 2.67. The molecular formula is C19H15ClF3N3O2. The van der Waals surface area contributed by atoms with Crippen LogP contribution in [0.3, 0.4) is 0 Å². The third kappa shape index (κ3) is 5.66. The molecule has 0 bridgehead atoms. The van der Waals surface area contributed by atoms with Crippen LogP contribution < -0.4 is 15.4 Å². The lowest BCUT2D eigenvalue weighted by atomic mass is 10.1. The van der Waals surface area contributed by atoms with E-state index in [1.807, 2.05) is 0 Å². The minimum absolute atomic E-state index is 0.0837. The first-order valence-electron chi connectivity index (χ1n) is 7.89. The van der Waals surface area contributed by atoms with Crippen molar-refractivity contribution in [3.8, 4) is 11.8 Å². The summed E-state index contributed by atoms with van der Waals surface area (Å²) in [5, 5.41) is 13.9. The van der Waals surface area contributed by atoms with Crippen molar-refractivity contribution >= 4 is 23.2 Å². The predicted molar refractivity (Wildman–Crippen MR) is 98.6 cm³/mol. The molecule has 0 aliphatic carbocycles. The lowest BCUT2D eigenvalue weighted by Crippen LogP contribution is -2.24. The molecule has 0 saturated carbocycles. The van der Waals surface area contributed by atoms with E-state index in [1.165, 1.54) is 13.2 Å². The molecule has 2 aromatic carbocycles. The largest absolute Gasteiger partial charge is 0.497 e. The summed E-state index contributed by atoms with van der Waals surface area (Å²) in [7, 11) is 1.53. The molecule has 0 saturated heterocycles. The average molecular weight is 410 g/mol. The maximum Gasteiger partial charge on any atom is 0.418 e. The van der Waals surface area contributed by atoms with Gasteiger partial charge in [-0.15, -0.1) is 0 Å². The highest BCUT2D eigenvalue weighted by atomic mass is 35.5. The van der Waals surface area contributed by atoms with Crippen LogP contribution in [0.15, 0.2) is 54.2 Å². The molecule has 0 aliphatic heterocycles. The van der Waals surface area contributed by atoms with Gasteiger partial charge in [0.25, 0.3) is 5.91 Å². The van der Waals surface area contributed by atoms with Gasteiger partial charge in [-0.2, -0.15) is 18.4 Å². The fraction of sp³-hybridized carbons (Fsp3) is 0.158. The van der Waals surface area contributed by atoms with E-state index in [2.05, 4.69) is 10.6 Å². The van der Waals surface area contributed by atoms with Crippen LogP contribution in [0, 0.1) is 11.3 Å². The van der Waals surface area contributed by atoms with Crippen LogP contribution in [0.4, 0.5) is 18.9 Å². The van der Waals surface area contributed by atoms with Crippen molar-refractivity contribution < 1.29 is 22.7 Å². The molecule has 0 aromatic heterocycles. The summed E-state index contributed by atoms with van der Waals surface area (Å²) in [6, 6.07) is 11.7. The van der Waals surface area contributed by atoms with Gasteiger partial charge < -0.3 is 15.4 Å². The second-order valence-electron chi connectivity index (χ2n) is 5.53. The molecule has 0 unspecified atom stereocenters. The summed E-state index contributed by atoms with van der Waals surface area (Å²) in [5.41, 5.74) is -0.951. The van der Waals surface area contributed by atoms with Crippen molar-refractivity contribution in [2.24, 2.45) is 0 Å². The molecule has 0 radical (unpaired) electrons. The number of nitrogens with zero attached hydrogens (tertiary/aromatic N) is 1. The van der Waals surface area contributed by atoms with Gasteiger partial charge in [-0.3, -0.25) is 4.79 Å². The fourth-order valence-corrected chi connectivity index (χ4v) is 2.37. The number of alkyl halides is 3. The Bertz CT molecular complexity index is 920. The van der Waals surface area contributed by atoms with Crippen LogP contribution in [0.1, 0.15) is 11.1 Å². The number of nitrogens with one attached hydrogen (secondary N) is 2. The fourth-order valence-electron chi connectivity index (χ4n) is 2.20. The van der Waals surface area contributed by atoms with Gasteiger partial charge >= 0.3 is 6.18 Å².